The highest BCUT2D eigenvalue weighted by atomic mass is 16.5. The van der Waals surface area contributed by atoms with Crippen LogP contribution in [0.15, 0.2) is 4.99 Å². The minimum atomic E-state index is -0.152. The lowest BCUT2D eigenvalue weighted by Gasteiger charge is -2.42. The SMILES string of the molecule is CCNC(=NCC1(CO)COC1)NCC1(CC)CCC1. The van der Waals surface area contributed by atoms with Crippen LogP contribution >= 0.6 is 0 Å². The Kier molecular flexibility index (Phi) is 5.27. The zero-order valence-electron chi connectivity index (χ0n) is 12.9. The van der Waals surface area contributed by atoms with Gasteiger partial charge in [-0.25, -0.2) is 0 Å². The van der Waals surface area contributed by atoms with E-state index in [0.717, 1.165) is 19.0 Å². The summed E-state index contributed by atoms with van der Waals surface area (Å²) in [6, 6.07) is 0. The number of nitrogens with zero attached hydrogens (tertiary/aromatic N) is 1. The first kappa shape index (κ1) is 15.6. The second kappa shape index (κ2) is 6.76. The maximum atomic E-state index is 9.43. The molecule has 1 saturated carbocycles. The van der Waals surface area contributed by atoms with Gasteiger partial charge in [-0.15, -0.1) is 0 Å². The van der Waals surface area contributed by atoms with Gasteiger partial charge in [0.1, 0.15) is 0 Å². The lowest BCUT2D eigenvalue weighted by molar-refractivity contribution is -0.130. The molecule has 0 aromatic heterocycles. The lowest BCUT2D eigenvalue weighted by Crippen LogP contribution is -2.50. The number of guanidine groups is 1. The standard InChI is InChI=1S/C15H29N3O2/c1-3-14(6-5-7-14)8-17-13(16-4-2)18-9-15(10-19)11-20-12-15/h19H,3-12H2,1-2H3,(H2,16,17,18). The number of ether oxygens (including phenoxy) is 1. The lowest BCUT2D eigenvalue weighted by atomic mass is 9.67. The maximum absolute atomic E-state index is 9.43. The van der Waals surface area contributed by atoms with E-state index in [-0.39, 0.29) is 12.0 Å². The maximum Gasteiger partial charge on any atom is 0.191 e. The number of aliphatic hydroxyl groups excluding tert-OH is 1. The molecular formula is C15H29N3O2. The predicted octanol–water partition coefficient (Wildman–Crippen LogP) is 1.13. The number of aliphatic hydroxyl groups is 1. The highest BCUT2D eigenvalue weighted by Crippen LogP contribution is 2.43. The van der Waals surface area contributed by atoms with Crippen LogP contribution in [0.25, 0.3) is 0 Å². The van der Waals surface area contributed by atoms with Crippen molar-refractivity contribution in [2.75, 3.05) is 39.5 Å². The van der Waals surface area contributed by atoms with Gasteiger partial charge in [-0.1, -0.05) is 13.3 Å². The largest absolute Gasteiger partial charge is 0.396 e. The van der Waals surface area contributed by atoms with Crippen LogP contribution in [0.1, 0.15) is 39.5 Å². The summed E-state index contributed by atoms with van der Waals surface area (Å²) in [7, 11) is 0. The Labute approximate surface area is 122 Å². The van der Waals surface area contributed by atoms with Crippen LogP contribution in [0.3, 0.4) is 0 Å². The molecule has 5 heteroatoms. The number of hydrogen-bond acceptors (Lipinski definition) is 3. The first-order valence-corrected chi connectivity index (χ1v) is 7.88. The van der Waals surface area contributed by atoms with Crippen molar-refractivity contribution in [3.63, 3.8) is 0 Å². The van der Waals surface area contributed by atoms with Crippen molar-refractivity contribution in [1.29, 1.82) is 0 Å². The van der Waals surface area contributed by atoms with Crippen LogP contribution in [0.2, 0.25) is 0 Å². The molecule has 2 rings (SSSR count). The van der Waals surface area contributed by atoms with Gasteiger partial charge in [-0.2, -0.15) is 0 Å². The van der Waals surface area contributed by atoms with E-state index in [9.17, 15) is 5.11 Å². The van der Waals surface area contributed by atoms with Crippen LogP contribution in [-0.4, -0.2) is 50.5 Å². The summed E-state index contributed by atoms with van der Waals surface area (Å²) in [6.45, 7) is 8.21. The third-order valence-electron chi connectivity index (χ3n) is 4.86. The number of aliphatic imine (C=N–C) groups is 1. The minimum Gasteiger partial charge on any atom is -0.396 e. The molecule has 1 heterocycles. The summed E-state index contributed by atoms with van der Waals surface area (Å²) in [5.74, 6) is 0.868. The first-order chi connectivity index (χ1) is 9.67. The van der Waals surface area contributed by atoms with Crippen LogP contribution in [0.4, 0.5) is 0 Å². The Bertz CT molecular complexity index is 325. The molecule has 0 unspecified atom stereocenters. The van der Waals surface area contributed by atoms with Gasteiger partial charge in [-0.05, 0) is 31.6 Å². The molecule has 1 aliphatic heterocycles. The van der Waals surface area contributed by atoms with E-state index in [4.69, 9.17) is 4.74 Å². The summed E-state index contributed by atoms with van der Waals surface area (Å²) >= 11 is 0. The number of rotatable bonds is 7. The molecule has 0 aromatic carbocycles. The van der Waals surface area contributed by atoms with Gasteiger partial charge in [0.25, 0.3) is 0 Å². The molecule has 5 nitrogen and oxygen atoms in total. The molecular weight excluding hydrogens is 254 g/mol. The summed E-state index contributed by atoms with van der Waals surface area (Å²) < 4.78 is 5.21. The molecule has 0 bridgehead atoms. The molecule has 1 aliphatic carbocycles. The molecule has 3 N–H and O–H groups in total. The van der Waals surface area contributed by atoms with Crippen molar-refractivity contribution >= 4 is 5.96 Å². The van der Waals surface area contributed by atoms with Gasteiger partial charge >= 0.3 is 0 Å². The summed E-state index contributed by atoms with van der Waals surface area (Å²) in [5, 5.41) is 16.2. The summed E-state index contributed by atoms with van der Waals surface area (Å²) in [5.41, 5.74) is 0.325. The van der Waals surface area contributed by atoms with Crippen molar-refractivity contribution in [2.45, 2.75) is 39.5 Å². The van der Waals surface area contributed by atoms with Crippen LogP contribution in [0, 0.1) is 10.8 Å². The van der Waals surface area contributed by atoms with E-state index >= 15 is 0 Å². The van der Waals surface area contributed by atoms with Crippen LogP contribution in [-0.2, 0) is 4.74 Å². The van der Waals surface area contributed by atoms with Crippen molar-refractivity contribution < 1.29 is 9.84 Å². The third kappa shape index (κ3) is 3.44. The average Bonchev–Trinajstić information content (AvgIpc) is 2.37. The minimum absolute atomic E-state index is 0.148. The Balaban J connectivity index is 1.85. The van der Waals surface area contributed by atoms with E-state index in [2.05, 4.69) is 29.5 Å². The Hall–Kier alpha value is -0.810. The Morgan fingerprint density at radius 3 is 2.35 bits per heavy atom. The summed E-state index contributed by atoms with van der Waals surface area (Å²) in [6.07, 6.45) is 5.23. The molecule has 2 aliphatic rings. The van der Waals surface area contributed by atoms with Gasteiger partial charge in [0.05, 0.1) is 31.8 Å². The molecule has 0 atom stereocenters. The topological polar surface area (TPSA) is 65.9 Å². The predicted molar refractivity (Wildman–Crippen MR) is 80.9 cm³/mol. The van der Waals surface area contributed by atoms with Gasteiger partial charge in [-0.3, -0.25) is 4.99 Å². The Morgan fingerprint density at radius 1 is 1.20 bits per heavy atom. The normalized spacial score (nSPS) is 23.6. The molecule has 0 amide bonds. The Morgan fingerprint density at radius 2 is 1.95 bits per heavy atom. The molecule has 0 spiro atoms. The molecule has 20 heavy (non-hydrogen) atoms. The van der Waals surface area contributed by atoms with E-state index < -0.39 is 0 Å². The first-order valence-electron chi connectivity index (χ1n) is 7.88. The van der Waals surface area contributed by atoms with Crippen LogP contribution in [0.5, 0.6) is 0 Å². The monoisotopic (exact) mass is 283 g/mol. The highest BCUT2D eigenvalue weighted by molar-refractivity contribution is 5.79. The fourth-order valence-corrected chi connectivity index (χ4v) is 2.82. The van der Waals surface area contributed by atoms with E-state index in [1.807, 2.05) is 0 Å². The van der Waals surface area contributed by atoms with Crippen molar-refractivity contribution in [2.24, 2.45) is 15.8 Å². The zero-order valence-corrected chi connectivity index (χ0v) is 12.9. The number of hydrogen-bond donors (Lipinski definition) is 3. The van der Waals surface area contributed by atoms with Gasteiger partial charge < -0.3 is 20.5 Å². The molecule has 2 fully saturated rings. The second-order valence-corrected chi connectivity index (χ2v) is 6.41. The molecule has 1 saturated heterocycles. The van der Waals surface area contributed by atoms with Crippen LogP contribution < -0.4 is 10.6 Å². The fourth-order valence-electron chi connectivity index (χ4n) is 2.82. The average molecular weight is 283 g/mol. The molecule has 0 radical (unpaired) electrons. The van der Waals surface area contributed by atoms with Gasteiger partial charge in [0.2, 0.25) is 0 Å². The second-order valence-electron chi connectivity index (χ2n) is 6.41. The van der Waals surface area contributed by atoms with Crippen molar-refractivity contribution in [3.8, 4) is 0 Å². The van der Waals surface area contributed by atoms with Crippen molar-refractivity contribution in [1.82, 2.24) is 10.6 Å². The number of nitrogens with one attached hydrogen (secondary N) is 2. The highest BCUT2D eigenvalue weighted by Gasteiger charge is 2.38. The quantitative estimate of drug-likeness (QED) is 0.484. The van der Waals surface area contributed by atoms with E-state index in [0.29, 0.717) is 25.2 Å². The van der Waals surface area contributed by atoms with E-state index in [1.165, 1.54) is 25.7 Å². The van der Waals surface area contributed by atoms with Gasteiger partial charge in [0.15, 0.2) is 5.96 Å². The third-order valence-corrected chi connectivity index (χ3v) is 4.86. The summed E-state index contributed by atoms with van der Waals surface area (Å²) in [4.78, 5) is 4.63. The molecule has 116 valence electrons. The van der Waals surface area contributed by atoms with E-state index in [1.54, 1.807) is 0 Å². The zero-order chi connectivity index (χ0) is 14.5. The van der Waals surface area contributed by atoms with Crippen molar-refractivity contribution in [3.05, 3.63) is 0 Å². The fraction of sp³-hybridized carbons (Fsp3) is 0.933. The smallest absolute Gasteiger partial charge is 0.191 e. The van der Waals surface area contributed by atoms with Gasteiger partial charge in [0, 0.05) is 13.1 Å². The molecule has 0 aromatic rings.